The lowest BCUT2D eigenvalue weighted by Gasteiger charge is -2.35. The molecule has 8 heteroatoms. The topological polar surface area (TPSA) is 94.2 Å². The number of likely N-dealkylation sites (tertiary alicyclic amines) is 1. The maximum absolute atomic E-state index is 12.9. The molecule has 1 aliphatic heterocycles. The molecule has 1 unspecified atom stereocenters. The van der Waals surface area contributed by atoms with Gasteiger partial charge < -0.3 is 9.26 Å². The highest BCUT2D eigenvalue weighted by atomic mass is 16.6. The highest BCUT2D eigenvalue weighted by Gasteiger charge is 2.47. The molecular formula is C23H27N5O3. The Labute approximate surface area is 181 Å². The molecule has 0 aromatic carbocycles. The molecule has 4 rings (SSSR count). The first kappa shape index (κ1) is 21.0. The number of carbonyl (C=O) groups is 1. The minimum Gasteiger partial charge on any atom is -0.444 e. The summed E-state index contributed by atoms with van der Waals surface area (Å²) in [5, 5.41) is 4.11. The molecule has 8 nitrogen and oxygen atoms in total. The predicted octanol–water partition coefficient (Wildman–Crippen LogP) is 5.04. The summed E-state index contributed by atoms with van der Waals surface area (Å²) in [6, 6.07) is 9.16. The van der Waals surface area contributed by atoms with Gasteiger partial charge in [0.15, 0.2) is 0 Å². The molecule has 0 radical (unpaired) electrons. The zero-order chi connectivity index (χ0) is 22.2. The van der Waals surface area contributed by atoms with Gasteiger partial charge in [0.05, 0.1) is 5.69 Å². The monoisotopic (exact) mass is 421 g/mol. The Bertz CT molecular complexity index is 1050. The van der Waals surface area contributed by atoms with Gasteiger partial charge in [-0.3, -0.25) is 14.9 Å². The lowest BCUT2D eigenvalue weighted by Crippen LogP contribution is -2.46. The number of carbonyl (C=O) groups excluding carboxylic acids is 1. The molecule has 162 valence electrons. The van der Waals surface area contributed by atoms with Crippen LogP contribution in [0.4, 0.5) is 4.79 Å². The molecule has 1 saturated heterocycles. The van der Waals surface area contributed by atoms with Crippen molar-refractivity contribution in [3.05, 3.63) is 48.6 Å². The van der Waals surface area contributed by atoms with E-state index in [1.807, 2.05) is 65.0 Å². The maximum atomic E-state index is 12.9. The fourth-order valence-electron chi connectivity index (χ4n) is 3.77. The summed E-state index contributed by atoms with van der Waals surface area (Å²) in [4.78, 5) is 28.0. The number of nitrogens with zero attached hydrogens (tertiary/aromatic N) is 5. The van der Waals surface area contributed by atoms with Crippen molar-refractivity contribution in [2.75, 3.05) is 0 Å². The lowest BCUT2D eigenvalue weighted by atomic mass is 10.0. The molecule has 1 aliphatic rings. The summed E-state index contributed by atoms with van der Waals surface area (Å²) in [7, 11) is 0. The van der Waals surface area contributed by atoms with E-state index >= 15 is 0 Å². The number of amides is 1. The molecule has 31 heavy (non-hydrogen) atoms. The smallest absolute Gasteiger partial charge is 0.411 e. The second-order valence-electron chi connectivity index (χ2n) is 9.32. The number of rotatable bonds is 3. The zero-order valence-corrected chi connectivity index (χ0v) is 18.5. The number of pyridine rings is 2. The Morgan fingerprint density at radius 2 is 1.97 bits per heavy atom. The van der Waals surface area contributed by atoms with E-state index in [4.69, 9.17) is 9.26 Å². The van der Waals surface area contributed by atoms with Gasteiger partial charge in [0.1, 0.15) is 17.3 Å². The highest BCUT2D eigenvalue weighted by Crippen LogP contribution is 2.43. The zero-order valence-electron chi connectivity index (χ0n) is 18.5. The van der Waals surface area contributed by atoms with E-state index in [0.29, 0.717) is 17.4 Å². The second-order valence-corrected chi connectivity index (χ2v) is 9.32. The Kier molecular flexibility index (Phi) is 5.24. The van der Waals surface area contributed by atoms with Crippen LogP contribution in [0.3, 0.4) is 0 Å². The van der Waals surface area contributed by atoms with Crippen LogP contribution < -0.4 is 0 Å². The Morgan fingerprint density at radius 3 is 2.61 bits per heavy atom. The first-order chi connectivity index (χ1) is 14.6. The van der Waals surface area contributed by atoms with Crippen LogP contribution in [0.2, 0.25) is 0 Å². The fourth-order valence-corrected chi connectivity index (χ4v) is 3.77. The molecule has 0 saturated carbocycles. The molecule has 3 aromatic rings. The van der Waals surface area contributed by atoms with Crippen LogP contribution in [0.25, 0.3) is 22.8 Å². The van der Waals surface area contributed by atoms with Crippen molar-refractivity contribution >= 4 is 6.09 Å². The van der Waals surface area contributed by atoms with E-state index in [1.165, 1.54) is 0 Å². The quantitative estimate of drug-likeness (QED) is 0.584. The minimum absolute atomic E-state index is 0.334. The van der Waals surface area contributed by atoms with E-state index < -0.39 is 5.60 Å². The van der Waals surface area contributed by atoms with Crippen LogP contribution >= 0.6 is 0 Å². The van der Waals surface area contributed by atoms with Crippen molar-refractivity contribution in [1.82, 2.24) is 25.0 Å². The summed E-state index contributed by atoms with van der Waals surface area (Å²) in [5.74, 6) is 0.776. The summed E-state index contributed by atoms with van der Waals surface area (Å²) in [6.07, 6.45) is 4.64. The highest BCUT2D eigenvalue weighted by molar-refractivity contribution is 5.70. The number of hydrogen-bond acceptors (Lipinski definition) is 7. The molecule has 4 heterocycles. The minimum atomic E-state index is -0.584. The third kappa shape index (κ3) is 4.42. The maximum Gasteiger partial charge on any atom is 0.411 e. The summed E-state index contributed by atoms with van der Waals surface area (Å²) in [5.41, 5.74) is 1.39. The summed E-state index contributed by atoms with van der Waals surface area (Å²) < 4.78 is 11.2. The summed E-state index contributed by atoms with van der Waals surface area (Å²) in [6.45, 7) is 9.61. The van der Waals surface area contributed by atoms with Crippen molar-refractivity contribution in [2.24, 2.45) is 0 Å². The predicted molar refractivity (Wildman–Crippen MR) is 115 cm³/mol. The average molecular weight is 422 g/mol. The Hall–Kier alpha value is -3.29. The van der Waals surface area contributed by atoms with Gasteiger partial charge in [0.2, 0.25) is 11.7 Å². The molecule has 3 aromatic heterocycles. The van der Waals surface area contributed by atoms with Crippen molar-refractivity contribution < 1.29 is 14.1 Å². The fraction of sp³-hybridized carbons (Fsp3) is 0.435. The van der Waals surface area contributed by atoms with Crippen LogP contribution in [0.15, 0.2) is 47.2 Å². The van der Waals surface area contributed by atoms with Crippen molar-refractivity contribution in [3.8, 4) is 22.8 Å². The molecule has 0 spiro atoms. The average Bonchev–Trinajstić information content (AvgIpc) is 3.31. The molecule has 1 amide bonds. The third-order valence-electron chi connectivity index (χ3n) is 5.26. The van der Waals surface area contributed by atoms with Gasteiger partial charge in [-0.15, -0.1) is 0 Å². The van der Waals surface area contributed by atoms with Crippen LogP contribution in [0, 0.1) is 0 Å². The first-order valence-corrected chi connectivity index (χ1v) is 10.4. The van der Waals surface area contributed by atoms with Gasteiger partial charge in [-0.1, -0.05) is 11.2 Å². The van der Waals surface area contributed by atoms with E-state index in [1.54, 1.807) is 17.3 Å². The Balaban J connectivity index is 1.57. The molecule has 0 N–H and O–H groups in total. The van der Waals surface area contributed by atoms with Gasteiger partial charge in [0, 0.05) is 23.5 Å². The number of ether oxygens (including phenoxy) is 1. The first-order valence-electron chi connectivity index (χ1n) is 10.4. The van der Waals surface area contributed by atoms with Gasteiger partial charge in [-0.25, -0.2) is 4.79 Å². The molecule has 0 bridgehead atoms. The summed E-state index contributed by atoms with van der Waals surface area (Å²) >= 11 is 0. The largest absolute Gasteiger partial charge is 0.444 e. The van der Waals surface area contributed by atoms with Crippen LogP contribution in [-0.4, -0.2) is 42.2 Å². The van der Waals surface area contributed by atoms with E-state index in [-0.39, 0.29) is 17.7 Å². The van der Waals surface area contributed by atoms with E-state index in [0.717, 1.165) is 24.1 Å². The van der Waals surface area contributed by atoms with Gasteiger partial charge >= 0.3 is 6.09 Å². The van der Waals surface area contributed by atoms with E-state index in [9.17, 15) is 4.79 Å². The van der Waals surface area contributed by atoms with Crippen LogP contribution in [0.5, 0.6) is 0 Å². The van der Waals surface area contributed by atoms with Gasteiger partial charge in [-0.05, 0) is 71.7 Å². The van der Waals surface area contributed by atoms with Crippen LogP contribution in [0.1, 0.15) is 59.4 Å². The Morgan fingerprint density at radius 1 is 1.16 bits per heavy atom. The number of hydrogen-bond donors (Lipinski definition) is 0. The van der Waals surface area contributed by atoms with Gasteiger partial charge in [-0.2, -0.15) is 4.98 Å². The normalized spacial score (nSPS) is 18.2. The number of aromatic nitrogens is 4. The molecule has 1 atom stereocenters. The van der Waals surface area contributed by atoms with Crippen LogP contribution in [-0.2, 0) is 4.74 Å². The SMILES string of the molecule is CC(C)(C)OC(=O)N1C(c2nc(-c3ccc(-c4ccccn4)cn3)no2)CCC1(C)C. The second kappa shape index (κ2) is 7.76. The lowest BCUT2D eigenvalue weighted by molar-refractivity contribution is 0.000296. The van der Waals surface area contributed by atoms with Crippen molar-refractivity contribution in [3.63, 3.8) is 0 Å². The van der Waals surface area contributed by atoms with Crippen molar-refractivity contribution in [2.45, 2.75) is 64.6 Å². The van der Waals surface area contributed by atoms with Crippen molar-refractivity contribution in [1.29, 1.82) is 0 Å². The standard InChI is InChI=1S/C23H27N5O3/c1-22(2,3)30-21(29)28-18(11-12-23(28,4)5)20-26-19(27-31-20)17-10-9-15(14-25-17)16-8-6-7-13-24-16/h6-10,13-14,18H,11-12H2,1-5H3. The molecule has 1 fully saturated rings. The third-order valence-corrected chi connectivity index (χ3v) is 5.26. The molecular weight excluding hydrogens is 394 g/mol. The molecule has 0 aliphatic carbocycles. The van der Waals surface area contributed by atoms with E-state index in [2.05, 4.69) is 20.1 Å². The van der Waals surface area contributed by atoms with Gasteiger partial charge in [0.25, 0.3) is 0 Å².